The lowest BCUT2D eigenvalue weighted by Gasteiger charge is -2.01. The van der Waals surface area contributed by atoms with E-state index in [9.17, 15) is 4.79 Å². The van der Waals surface area contributed by atoms with Crippen molar-refractivity contribution in [3.8, 4) is 0 Å². The Morgan fingerprint density at radius 3 is 2.88 bits per heavy atom. The van der Waals surface area contributed by atoms with Crippen LogP contribution >= 0.6 is 0 Å². The molecule has 0 saturated carbocycles. The number of aryl methyl sites for hydroxylation is 1. The van der Waals surface area contributed by atoms with Crippen LogP contribution in [0.3, 0.4) is 0 Å². The molecular weight excluding hydrogens is 206 g/mol. The van der Waals surface area contributed by atoms with Gasteiger partial charge in [-0.05, 0) is 13.8 Å². The van der Waals surface area contributed by atoms with Gasteiger partial charge >= 0.3 is 0 Å². The van der Waals surface area contributed by atoms with Crippen LogP contribution in [0.4, 0.5) is 5.95 Å². The first kappa shape index (κ1) is 10.7. The number of aromatic amines is 1. The number of fused-ring (bicyclic) bond motifs is 1. The monoisotopic (exact) mass is 221 g/mol. The lowest BCUT2D eigenvalue weighted by atomic mass is 10.1. The number of nitrogens with zero attached hydrogens (tertiary/aromatic N) is 2. The molecular formula is C10H15N5O. The summed E-state index contributed by atoms with van der Waals surface area (Å²) in [6.45, 7) is 4.53. The van der Waals surface area contributed by atoms with Crippen LogP contribution in [0.15, 0.2) is 11.0 Å². The van der Waals surface area contributed by atoms with Gasteiger partial charge in [0.05, 0.1) is 5.39 Å². The number of rotatable bonds is 2. The van der Waals surface area contributed by atoms with E-state index in [4.69, 9.17) is 11.5 Å². The average molecular weight is 221 g/mol. The van der Waals surface area contributed by atoms with E-state index in [1.54, 1.807) is 0 Å². The maximum absolute atomic E-state index is 11.8. The van der Waals surface area contributed by atoms with Crippen molar-refractivity contribution in [2.75, 3.05) is 5.73 Å². The van der Waals surface area contributed by atoms with E-state index in [1.165, 1.54) is 0 Å². The summed E-state index contributed by atoms with van der Waals surface area (Å²) in [7, 11) is 0. The molecule has 1 unspecified atom stereocenters. The third-order valence-electron chi connectivity index (χ3n) is 2.61. The maximum Gasteiger partial charge on any atom is 0.262 e. The topological polar surface area (TPSA) is 103 Å². The van der Waals surface area contributed by atoms with Crippen molar-refractivity contribution >= 4 is 17.0 Å². The molecule has 0 fully saturated rings. The second kappa shape index (κ2) is 3.64. The average Bonchev–Trinajstić information content (AvgIpc) is 2.56. The second-order valence-corrected chi connectivity index (χ2v) is 3.81. The van der Waals surface area contributed by atoms with Gasteiger partial charge in [0.1, 0.15) is 5.65 Å². The van der Waals surface area contributed by atoms with E-state index in [2.05, 4.69) is 9.97 Å². The molecule has 2 aromatic heterocycles. The van der Waals surface area contributed by atoms with Gasteiger partial charge in [0.2, 0.25) is 5.95 Å². The third kappa shape index (κ3) is 1.47. The Hall–Kier alpha value is -1.82. The predicted molar refractivity (Wildman–Crippen MR) is 63.0 cm³/mol. The highest BCUT2D eigenvalue weighted by molar-refractivity contribution is 5.80. The Kier molecular flexibility index (Phi) is 2.43. The van der Waals surface area contributed by atoms with Crippen molar-refractivity contribution in [3.05, 3.63) is 22.1 Å². The fraction of sp³-hybridized carbons (Fsp3) is 0.400. The summed E-state index contributed by atoms with van der Waals surface area (Å²) in [5.41, 5.74) is 12.5. The number of nitrogens with two attached hydrogens (primary N) is 2. The van der Waals surface area contributed by atoms with Gasteiger partial charge in [0.15, 0.2) is 0 Å². The van der Waals surface area contributed by atoms with Gasteiger partial charge in [-0.2, -0.15) is 4.98 Å². The quantitative estimate of drug-likeness (QED) is 0.680. The molecule has 6 heteroatoms. The number of anilines is 1. The van der Waals surface area contributed by atoms with Crippen LogP contribution in [-0.4, -0.2) is 14.5 Å². The van der Waals surface area contributed by atoms with Crippen LogP contribution in [0.2, 0.25) is 0 Å². The van der Waals surface area contributed by atoms with Gasteiger partial charge in [-0.25, -0.2) is 0 Å². The molecule has 0 aliphatic carbocycles. The lowest BCUT2D eigenvalue weighted by molar-refractivity contribution is 0.764. The summed E-state index contributed by atoms with van der Waals surface area (Å²) >= 11 is 0. The second-order valence-electron chi connectivity index (χ2n) is 3.81. The number of nitrogen functional groups attached to an aromatic ring is 1. The van der Waals surface area contributed by atoms with Gasteiger partial charge in [-0.1, -0.05) is 0 Å². The first-order valence-corrected chi connectivity index (χ1v) is 5.18. The molecule has 0 spiro atoms. The van der Waals surface area contributed by atoms with Gasteiger partial charge in [0, 0.05) is 24.3 Å². The Labute approximate surface area is 92.3 Å². The molecule has 0 radical (unpaired) electrons. The standard InChI is InChI=1S/C10H15N5O/c1-3-15-4-6(5(2)11)7-8(15)13-10(12)14-9(7)16/h4-5H,3,11H2,1-2H3,(H3,12,13,14,16). The molecule has 0 amide bonds. The van der Waals surface area contributed by atoms with Crippen LogP contribution in [0.25, 0.3) is 11.0 Å². The zero-order chi connectivity index (χ0) is 11.9. The van der Waals surface area contributed by atoms with Crippen LogP contribution in [0.5, 0.6) is 0 Å². The molecule has 5 N–H and O–H groups in total. The van der Waals surface area contributed by atoms with Crippen molar-refractivity contribution in [1.29, 1.82) is 0 Å². The minimum absolute atomic E-state index is 0.126. The number of hydrogen-bond donors (Lipinski definition) is 3. The third-order valence-corrected chi connectivity index (χ3v) is 2.61. The van der Waals surface area contributed by atoms with E-state index >= 15 is 0 Å². The molecule has 0 bridgehead atoms. The molecule has 2 aromatic rings. The van der Waals surface area contributed by atoms with Crippen molar-refractivity contribution < 1.29 is 0 Å². The smallest absolute Gasteiger partial charge is 0.262 e. The van der Waals surface area contributed by atoms with Crippen molar-refractivity contribution in [2.24, 2.45) is 5.73 Å². The molecule has 2 heterocycles. The number of hydrogen-bond acceptors (Lipinski definition) is 4. The molecule has 0 aromatic carbocycles. The molecule has 0 saturated heterocycles. The summed E-state index contributed by atoms with van der Waals surface area (Å²) in [4.78, 5) is 18.4. The zero-order valence-corrected chi connectivity index (χ0v) is 9.32. The maximum atomic E-state index is 11.8. The van der Waals surface area contributed by atoms with Gasteiger partial charge in [-0.3, -0.25) is 9.78 Å². The van der Waals surface area contributed by atoms with E-state index in [0.717, 1.165) is 12.1 Å². The minimum atomic E-state index is -0.234. The SMILES string of the molecule is CCn1cc(C(C)N)c2c(=O)[nH]c(N)nc21. The summed E-state index contributed by atoms with van der Waals surface area (Å²) in [6, 6.07) is -0.207. The molecule has 6 nitrogen and oxygen atoms in total. The first-order valence-electron chi connectivity index (χ1n) is 5.18. The fourth-order valence-electron chi connectivity index (χ4n) is 1.83. The van der Waals surface area contributed by atoms with Gasteiger partial charge in [-0.15, -0.1) is 0 Å². The van der Waals surface area contributed by atoms with E-state index < -0.39 is 0 Å². The van der Waals surface area contributed by atoms with Crippen molar-refractivity contribution in [1.82, 2.24) is 14.5 Å². The van der Waals surface area contributed by atoms with E-state index in [1.807, 2.05) is 24.6 Å². The van der Waals surface area contributed by atoms with Crippen LogP contribution in [-0.2, 0) is 6.54 Å². The Morgan fingerprint density at radius 2 is 2.31 bits per heavy atom. The summed E-state index contributed by atoms with van der Waals surface area (Å²) in [5.74, 6) is 0.126. The highest BCUT2D eigenvalue weighted by Crippen LogP contribution is 2.21. The van der Waals surface area contributed by atoms with Crippen LogP contribution in [0.1, 0.15) is 25.5 Å². The Bertz CT molecular complexity index is 581. The summed E-state index contributed by atoms with van der Waals surface area (Å²) in [5, 5.41) is 0.533. The molecule has 16 heavy (non-hydrogen) atoms. The Balaban J connectivity index is 2.91. The highest BCUT2D eigenvalue weighted by atomic mass is 16.1. The van der Waals surface area contributed by atoms with E-state index in [0.29, 0.717) is 11.0 Å². The number of nitrogens with one attached hydrogen (secondary N) is 1. The molecule has 1 atom stereocenters. The number of aromatic nitrogens is 3. The molecule has 86 valence electrons. The fourth-order valence-corrected chi connectivity index (χ4v) is 1.83. The summed E-state index contributed by atoms with van der Waals surface area (Å²) < 4.78 is 1.87. The van der Waals surface area contributed by atoms with Crippen molar-refractivity contribution in [2.45, 2.75) is 26.4 Å². The largest absolute Gasteiger partial charge is 0.369 e. The lowest BCUT2D eigenvalue weighted by Crippen LogP contribution is -2.14. The van der Waals surface area contributed by atoms with E-state index in [-0.39, 0.29) is 17.5 Å². The first-order chi connectivity index (χ1) is 7.54. The molecule has 0 aliphatic heterocycles. The van der Waals surface area contributed by atoms with Gasteiger partial charge < -0.3 is 16.0 Å². The summed E-state index contributed by atoms with van der Waals surface area (Å²) in [6.07, 6.45) is 1.86. The number of H-pyrrole nitrogens is 1. The van der Waals surface area contributed by atoms with Crippen molar-refractivity contribution in [3.63, 3.8) is 0 Å². The molecule has 0 aliphatic rings. The highest BCUT2D eigenvalue weighted by Gasteiger charge is 2.15. The van der Waals surface area contributed by atoms with Crippen LogP contribution < -0.4 is 17.0 Å². The van der Waals surface area contributed by atoms with Gasteiger partial charge in [0.25, 0.3) is 5.56 Å². The minimum Gasteiger partial charge on any atom is -0.369 e. The Morgan fingerprint density at radius 1 is 1.62 bits per heavy atom. The predicted octanol–water partition coefficient (Wildman–Crippen LogP) is 0.346. The molecule has 2 rings (SSSR count). The normalized spacial score (nSPS) is 13.2. The van der Waals surface area contributed by atoms with Crippen LogP contribution in [0, 0.1) is 0 Å². The zero-order valence-electron chi connectivity index (χ0n) is 9.32.